The van der Waals surface area contributed by atoms with E-state index in [0.717, 1.165) is 38.8 Å². The van der Waals surface area contributed by atoms with Gasteiger partial charge in [0.2, 0.25) is 5.91 Å². The standard InChI is InChI=1S/C15H27N3O2/c1-11-6-5-7-13(12(11)2)16-15(20)17-14(19)10-18-8-3-4-9-18/h11-13H,3-10H2,1-2H3,(H2,16,17,19,20)/t11-,12+,13-/m1/s1. The summed E-state index contributed by atoms with van der Waals surface area (Å²) in [5.41, 5.74) is 0. The van der Waals surface area contributed by atoms with Gasteiger partial charge in [-0.3, -0.25) is 15.0 Å². The number of amides is 3. The molecule has 5 heteroatoms. The highest BCUT2D eigenvalue weighted by Crippen LogP contribution is 2.29. The van der Waals surface area contributed by atoms with Gasteiger partial charge in [0.15, 0.2) is 0 Å². The summed E-state index contributed by atoms with van der Waals surface area (Å²) < 4.78 is 0. The summed E-state index contributed by atoms with van der Waals surface area (Å²) >= 11 is 0. The van der Waals surface area contributed by atoms with E-state index in [4.69, 9.17) is 0 Å². The van der Waals surface area contributed by atoms with Crippen molar-refractivity contribution in [1.82, 2.24) is 15.5 Å². The molecule has 1 heterocycles. The van der Waals surface area contributed by atoms with Gasteiger partial charge in [-0.2, -0.15) is 0 Å². The van der Waals surface area contributed by atoms with Crippen LogP contribution in [-0.2, 0) is 4.79 Å². The Morgan fingerprint density at radius 2 is 1.80 bits per heavy atom. The van der Waals surface area contributed by atoms with Crippen molar-refractivity contribution in [3.05, 3.63) is 0 Å². The highest BCUT2D eigenvalue weighted by Gasteiger charge is 2.28. The lowest BCUT2D eigenvalue weighted by Gasteiger charge is -2.34. The third kappa shape index (κ3) is 4.20. The highest BCUT2D eigenvalue weighted by molar-refractivity contribution is 5.95. The maximum absolute atomic E-state index is 11.9. The molecule has 2 fully saturated rings. The number of hydrogen-bond donors (Lipinski definition) is 2. The van der Waals surface area contributed by atoms with E-state index in [1.807, 2.05) is 0 Å². The lowest BCUT2D eigenvalue weighted by Crippen LogP contribution is -2.50. The van der Waals surface area contributed by atoms with Crippen molar-refractivity contribution in [2.45, 2.75) is 52.0 Å². The van der Waals surface area contributed by atoms with Crippen molar-refractivity contribution >= 4 is 11.9 Å². The van der Waals surface area contributed by atoms with Gasteiger partial charge in [0.1, 0.15) is 0 Å². The van der Waals surface area contributed by atoms with Crippen LogP contribution in [-0.4, -0.2) is 42.5 Å². The summed E-state index contributed by atoms with van der Waals surface area (Å²) in [5, 5.41) is 5.42. The zero-order valence-electron chi connectivity index (χ0n) is 12.7. The molecule has 0 aromatic heterocycles. The average molecular weight is 281 g/mol. The van der Waals surface area contributed by atoms with E-state index in [1.165, 1.54) is 6.42 Å². The topological polar surface area (TPSA) is 61.4 Å². The fraction of sp³-hybridized carbons (Fsp3) is 0.867. The van der Waals surface area contributed by atoms with Gasteiger partial charge in [-0.25, -0.2) is 4.79 Å². The van der Waals surface area contributed by atoms with Crippen LogP contribution in [0.25, 0.3) is 0 Å². The number of nitrogens with zero attached hydrogens (tertiary/aromatic N) is 1. The Balaban J connectivity index is 1.72. The van der Waals surface area contributed by atoms with Crippen LogP contribution in [0.2, 0.25) is 0 Å². The molecule has 2 rings (SSSR count). The molecule has 5 nitrogen and oxygen atoms in total. The fourth-order valence-electron chi connectivity index (χ4n) is 3.30. The first-order chi connectivity index (χ1) is 9.56. The van der Waals surface area contributed by atoms with Crippen molar-refractivity contribution < 1.29 is 9.59 Å². The predicted octanol–water partition coefficient (Wildman–Crippen LogP) is 1.73. The first-order valence-corrected chi connectivity index (χ1v) is 7.89. The number of imide groups is 1. The molecule has 20 heavy (non-hydrogen) atoms. The second-order valence-electron chi connectivity index (χ2n) is 6.38. The largest absolute Gasteiger partial charge is 0.335 e. The van der Waals surface area contributed by atoms with E-state index in [0.29, 0.717) is 18.4 Å². The van der Waals surface area contributed by atoms with Gasteiger partial charge in [-0.15, -0.1) is 0 Å². The second kappa shape index (κ2) is 7.07. The number of urea groups is 1. The van der Waals surface area contributed by atoms with E-state index < -0.39 is 0 Å². The SMILES string of the molecule is C[C@H]1[C@H](C)CCC[C@H]1NC(=O)NC(=O)CN1CCCC1. The van der Waals surface area contributed by atoms with Gasteiger partial charge >= 0.3 is 6.03 Å². The molecule has 3 atom stereocenters. The Labute approximate surface area is 121 Å². The quantitative estimate of drug-likeness (QED) is 0.828. The molecule has 1 aliphatic heterocycles. The molecular formula is C15H27N3O2. The van der Waals surface area contributed by atoms with Crippen molar-refractivity contribution in [2.24, 2.45) is 11.8 Å². The molecule has 0 spiro atoms. The second-order valence-corrected chi connectivity index (χ2v) is 6.38. The van der Waals surface area contributed by atoms with Crippen LogP contribution in [0.15, 0.2) is 0 Å². The smallest absolute Gasteiger partial charge is 0.321 e. The minimum Gasteiger partial charge on any atom is -0.335 e. The Kier molecular flexibility index (Phi) is 5.40. The number of likely N-dealkylation sites (tertiary alicyclic amines) is 1. The molecule has 1 saturated heterocycles. The minimum absolute atomic E-state index is 0.193. The van der Waals surface area contributed by atoms with E-state index in [9.17, 15) is 9.59 Å². The van der Waals surface area contributed by atoms with Gasteiger partial charge in [0.05, 0.1) is 6.54 Å². The minimum atomic E-state index is -0.333. The lowest BCUT2D eigenvalue weighted by atomic mass is 9.78. The molecule has 2 aliphatic rings. The van der Waals surface area contributed by atoms with Gasteiger partial charge in [0, 0.05) is 6.04 Å². The number of hydrogen-bond acceptors (Lipinski definition) is 3. The first kappa shape index (κ1) is 15.3. The molecular weight excluding hydrogens is 254 g/mol. The summed E-state index contributed by atoms with van der Waals surface area (Å²) in [6, 6.07) is -0.140. The van der Waals surface area contributed by atoms with E-state index in [1.54, 1.807) is 0 Å². The number of carbonyl (C=O) groups is 2. The zero-order chi connectivity index (χ0) is 14.5. The zero-order valence-corrected chi connectivity index (χ0v) is 12.7. The van der Waals surface area contributed by atoms with Crippen LogP contribution in [0.1, 0.15) is 46.0 Å². The summed E-state index contributed by atoms with van der Waals surface area (Å²) in [6.45, 7) is 6.68. The number of rotatable bonds is 3. The fourth-order valence-corrected chi connectivity index (χ4v) is 3.30. The molecule has 114 valence electrons. The highest BCUT2D eigenvalue weighted by atomic mass is 16.2. The van der Waals surface area contributed by atoms with Crippen molar-refractivity contribution in [3.63, 3.8) is 0 Å². The number of nitrogens with one attached hydrogen (secondary N) is 2. The first-order valence-electron chi connectivity index (χ1n) is 7.89. The van der Waals surface area contributed by atoms with Crippen molar-refractivity contribution in [3.8, 4) is 0 Å². The molecule has 1 aliphatic carbocycles. The van der Waals surface area contributed by atoms with Gasteiger partial charge in [-0.1, -0.05) is 26.7 Å². The van der Waals surface area contributed by atoms with Crippen molar-refractivity contribution in [2.75, 3.05) is 19.6 Å². The Morgan fingerprint density at radius 3 is 2.50 bits per heavy atom. The van der Waals surface area contributed by atoms with E-state index in [2.05, 4.69) is 29.4 Å². The third-order valence-electron chi connectivity index (χ3n) is 4.84. The van der Waals surface area contributed by atoms with Gasteiger partial charge in [0.25, 0.3) is 0 Å². The van der Waals surface area contributed by atoms with E-state index in [-0.39, 0.29) is 18.0 Å². The van der Waals surface area contributed by atoms with Crippen LogP contribution in [0.5, 0.6) is 0 Å². The summed E-state index contributed by atoms with van der Waals surface area (Å²) in [6.07, 6.45) is 5.69. The third-order valence-corrected chi connectivity index (χ3v) is 4.84. The summed E-state index contributed by atoms with van der Waals surface area (Å²) in [5.74, 6) is 0.915. The van der Waals surface area contributed by atoms with Crippen LogP contribution in [0.4, 0.5) is 4.79 Å². The monoisotopic (exact) mass is 281 g/mol. The van der Waals surface area contributed by atoms with Gasteiger partial charge in [-0.05, 0) is 44.2 Å². The molecule has 2 N–H and O–H groups in total. The Bertz CT molecular complexity index is 353. The maximum Gasteiger partial charge on any atom is 0.321 e. The van der Waals surface area contributed by atoms with Crippen LogP contribution >= 0.6 is 0 Å². The summed E-state index contributed by atoms with van der Waals surface area (Å²) in [4.78, 5) is 25.8. The Morgan fingerprint density at radius 1 is 1.10 bits per heavy atom. The predicted molar refractivity (Wildman–Crippen MR) is 78.3 cm³/mol. The molecule has 0 unspecified atom stereocenters. The number of carbonyl (C=O) groups excluding carboxylic acids is 2. The van der Waals surface area contributed by atoms with Crippen LogP contribution in [0.3, 0.4) is 0 Å². The molecule has 3 amide bonds. The van der Waals surface area contributed by atoms with Gasteiger partial charge < -0.3 is 5.32 Å². The van der Waals surface area contributed by atoms with Crippen LogP contribution < -0.4 is 10.6 Å². The lowest BCUT2D eigenvalue weighted by molar-refractivity contribution is -0.120. The van der Waals surface area contributed by atoms with E-state index >= 15 is 0 Å². The summed E-state index contributed by atoms with van der Waals surface area (Å²) in [7, 11) is 0. The molecule has 1 saturated carbocycles. The average Bonchev–Trinajstić information content (AvgIpc) is 2.87. The van der Waals surface area contributed by atoms with Crippen molar-refractivity contribution in [1.29, 1.82) is 0 Å². The molecule has 0 aromatic carbocycles. The molecule has 0 aromatic rings. The van der Waals surface area contributed by atoms with Crippen LogP contribution in [0, 0.1) is 11.8 Å². The Hall–Kier alpha value is -1.10. The molecule has 0 bridgehead atoms. The normalized spacial score (nSPS) is 31.0. The molecule has 0 radical (unpaired) electrons. The maximum atomic E-state index is 11.9.